The number of imidazole rings is 1. The monoisotopic (exact) mass is 353 g/mol. The maximum atomic E-state index is 4.53. The predicted molar refractivity (Wildman–Crippen MR) is 102 cm³/mol. The van der Waals surface area contributed by atoms with Gasteiger partial charge >= 0.3 is 0 Å². The number of rotatable bonds is 5. The zero-order chi connectivity index (χ0) is 17.1. The molecule has 0 saturated carbocycles. The molecule has 0 spiro atoms. The molecule has 0 aliphatic carbocycles. The number of benzene rings is 1. The van der Waals surface area contributed by atoms with Crippen LogP contribution < -0.4 is 0 Å². The third-order valence-electron chi connectivity index (χ3n) is 4.97. The van der Waals surface area contributed by atoms with Gasteiger partial charge in [-0.1, -0.05) is 30.3 Å². The van der Waals surface area contributed by atoms with Gasteiger partial charge in [0.15, 0.2) is 5.65 Å². The number of hydrogen-bond donors (Lipinski definition) is 0. The lowest BCUT2D eigenvalue weighted by Gasteiger charge is -2.32. The summed E-state index contributed by atoms with van der Waals surface area (Å²) >= 11 is 1.63. The molecule has 1 fully saturated rings. The van der Waals surface area contributed by atoms with Gasteiger partial charge in [0.2, 0.25) is 0 Å². The molecule has 5 nitrogen and oxygen atoms in total. The number of piperidine rings is 1. The van der Waals surface area contributed by atoms with Crippen molar-refractivity contribution in [1.82, 2.24) is 24.4 Å². The van der Waals surface area contributed by atoms with Gasteiger partial charge in [0.25, 0.3) is 0 Å². The van der Waals surface area contributed by atoms with E-state index in [0.717, 1.165) is 42.4 Å². The molecule has 1 aliphatic rings. The van der Waals surface area contributed by atoms with Crippen LogP contribution in [0.5, 0.6) is 0 Å². The Morgan fingerprint density at radius 1 is 1.08 bits per heavy atom. The second kappa shape index (κ2) is 7.54. The third-order valence-corrected chi connectivity index (χ3v) is 5.66. The molecule has 1 saturated heterocycles. The van der Waals surface area contributed by atoms with Gasteiger partial charge in [0, 0.05) is 13.1 Å². The maximum Gasteiger partial charge on any atom is 0.164 e. The largest absolute Gasteiger partial charge is 0.315 e. The standard InChI is InChI=1S/C19H23N5S/c1-25-19-17-18(20-13-21-19)24(14-22-17)12-16-7-9-23(10-8-16)11-15-5-3-2-4-6-15/h2-6,13-14,16H,7-12H2,1H3. The van der Waals surface area contributed by atoms with Crippen LogP contribution in [0.15, 0.2) is 48.0 Å². The summed E-state index contributed by atoms with van der Waals surface area (Å²) in [6.45, 7) is 4.39. The Kier molecular flexibility index (Phi) is 4.99. The Morgan fingerprint density at radius 2 is 1.88 bits per heavy atom. The number of aromatic nitrogens is 4. The maximum absolute atomic E-state index is 4.53. The fourth-order valence-corrected chi connectivity index (χ4v) is 4.08. The van der Waals surface area contributed by atoms with E-state index >= 15 is 0 Å². The highest BCUT2D eigenvalue weighted by Gasteiger charge is 2.21. The Hall–Kier alpha value is -1.92. The average molecular weight is 353 g/mol. The zero-order valence-corrected chi connectivity index (χ0v) is 15.3. The van der Waals surface area contributed by atoms with Crippen molar-refractivity contribution in [1.29, 1.82) is 0 Å². The Bertz CT molecular complexity index is 824. The quantitative estimate of drug-likeness (QED) is 0.519. The normalized spacial score (nSPS) is 16.5. The van der Waals surface area contributed by atoms with E-state index < -0.39 is 0 Å². The smallest absolute Gasteiger partial charge is 0.164 e. The first-order valence-corrected chi connectivity index (χ1v) is 10.0. The summed E-state index contributed by atoms with van der Waals surface area (Å²) in [5.41, 5.74) is 3.30. The summed E-state index contributed by atoms with van der Waals surface area (Å²) in [7, 11) is 0. The molecule has 1 aliphatic heterocycles. The first kappa shape index (κ1) is 16.5. The second-order valence-corrected chi connectivity index (χ2v) is 7.45. The molecule has 3 aromatic rings. The lowest BCUT2D eigenvalue weighted by molar-refractivity contribution is 0.168. The van der Waals surface area contributed by atoms with Crippen molar-refractivity contribution in [3.8, 4) is 0 Å². The van der Waals surface area contributed by atoms with Gasteiger partial charge in [-0.15, -0.1) is 11.8 Å². The third kappa shape index (κ3) is 3.70. The van der Waals surface area contributed by atoms with Crippen LogP contribution >= 0.6 is 11.8 Å². The molecule has 1 aromatic carbocycles. The van der Waals surface area contributed by atoms with Gasteiger partial charge in [0.05, 0.1) is 6.33 Å². The van der Waals surface area contributed by atoms with Crippen molar-refractivity contribution < 1.29 is 0 Å². The summed E-state index contributed by atoms with van der Waals surface area (Å²) in [5, 5.41) is 0.960. The molecule has 0 amide bonds. The van der Waals surface area contributed by atoms with E-state index in [2.05, 4.69) is 54.8 Å². The predicted octanol–water partition coefficient (Wildman–Crippen LogP) is 3.46. The van der Waals surface area contributed by atoms with Crippen LogP contribution in [0.4, 0.5) is 0 Å². The number of likely N-dealkylation sites (tertiary alicyclic amines) is 1. The molecule has 0 N–H and O–H groups in total. The van der Waals surface area contributed by atoms with Crippen LogP contribution in [0.1, 0.15) is 18.4 Å². The molecule has 25 heavy (non-hydrogen) atoms. The summed E-state index contributed by atoms with van der Waals surface area (Å²) in [6, 6.07) is 10.8. The van der Waals surface area contributed by atoms with Crippen LogP contribution in [-0.2, 0) is 13.1 Å². The van der Waals surface area contributed by atoms with E-state index in [4.69, 9.17) is 0 Å². The van der Waals surface area contributed by atoms with Gasteiger partial charge in [0.1, 0.15) is 16.9 Å². The Morgan fingerprint density at radius 3 is 2.64 bits per heavy atom. The van der Waals surface area contributed by atoms with Crippen molar-refractivity contribution in [2.45, 2.75) is 31.0 Å². The van der Waals surface area contributed by atoms with Gasteiger partial charge in [-0.05, 0) is 43.7 Å². The van der Waals surface area contributed by atoms with E-state index in [9.17, 15) is 0 Å². The summed E-state index contributed by atoms with van der Waals surface area (Å²) < 4.78 is 2.20. The van der Waals surface area contributed by atoms with E-state index in [0.29, 0.717) is 5.92 Å². The molecule has 130 valence electrons. The van der Waals surface area contributed by atoms with Crippen molar-refractivity contribution >= 4 is 22.9 Å². The minimum Gasteiger partial charge on any atom is -0.315 e. The van der Waals surface area contributed by atoms with Gasteiger partial charge in [-0.3, -0.25) is 4.90 Å². The van der Waals surface area contributed by atoms with E-state index in [-0.39, 0.29) is 0 Å². The zero-order valence-electron chi connectivity index (χ0n) is 14.5. The van der Waals surface area contributed by atoms with E-state index in [1.165, 1.54) is 18.4 Å². The van der Waals surface area contributed by atoms with Crippen molar-refractivity contribution in [2.75, 3.05) is 19.3 Å². The van der Waals surface area contributed by atoms with Crippen LogP contribution in [-0.4, -0.2) is 43.8 Å². The molecule has 0 bridgehead atoms. The first-order valence-electron chi connectivity index (χ1n) is 8.79. The van der Waals surface area contributed by atoms with Gasteiger partial charge in [-0.2, -0.15) is 0 Å². The molecule has 0 unspecified atom stereocenters. The molecule has 6 heteroatoms. The Labute approximate surface area is 152 Å². The molecular formula is C19H23N5S. The van der Waals surface area contributed by atoms with Crippen molar-refractivity contribution in [3.05, 3.63) is 48.5 Å². The van der Waals surface area contributed by atoms with Gasteiger partial charge < -0.3 is 4.57 Å². The van der Waals surface area contributed by atoms with Crippen LogP contribution in [0.3, 0.4) is 0 Å². The van der Waals surface area contributed by atoms with Crippen LogP contribution in [0, 0.1) is 5.92 Å². The highest BCUT2D eigenvalue weighted by molar-refractivity contribution is 7.98. The lowest BCUT2D eigenvalue weighted by Crippen LogP contribution is -2.34. The molecule has 0 radical (unpaired) electrons. The highest BCUT2D eigenvalue weighted by atomic mass is 32.2. The number of hydrogen-bond acceptors (Lipinski definition) is 5. The fourth-order valence-electron chi connectivity index (χ4n) is 3.59. The second-order valence-electron chi connectivity index (χ2n) is 6.66. The fraction of sp³-hybridized carbons (Fsp3) is 0.421. The lowest BCUT2D eigenvalue weighted by atomic mass is 9.96. The number of nitrogens with zero attached hydrogens (tertiary/aromatic N) is 5. The summed E-state index contributed by atoms with van der Waals surface area (Å²) in [6.07, 6.45) is 8.06. The molecular weight excluding hydrogens is 330 g/mol. The molecule has 2 aromatic heterocycles. The molecule has 3 heterocycles. The average Bonchev–Trinajstić information content (AvgIpc) is 3.07. The van der Waals surface area contributed by atoms with E-state index in [1.807, 2.05) is 12.6 Å². The number of thioether (sulfide) groups is 1. The number of fused-ring (bicyclic) bond motifs is 1. The van der Waals surface area contributed by atoms with Crippen molar-refractivity contribution in [2.24, 2.45) is 5.92 Å². The first-order chi connectivity index (χ1) is 12.3. The van der Waals surface area contributed by atoms with Crippen LogP contribution in [0.25, 0.3) is 11.2 Å². The minimum atomic E-state index is 0.692. The molecule has 0 atom stereocenters. The Balaban J connectivity index is 1.37. The van der Waals surface area contributed by atoms with Gasteiger partial charge in [-0.25, -0.2) is 15.0 Å². The van der Waals surface area contributed by atoms with Crippen molar-refractivity contribution in [3.63, 3.8) is 0 Å². The molecule has 4 rings (SSSR count). The van der Waals surface area contributed by atoms with Crippen LogP contribution in [0.2, 0.25) is 0 Å². The summed E-state index contributed by atoms with van der Waals surface area (Å²) in [5.74, 6) is 0.692. The topological polar surface area (TPSA) is 46.8 Å². The SMILES string of the molecule is CSc1ncnc2c1ncn2CC1CCN(Cc2ccccc2)CC1. The van der Waals surface area contributed by atoms with E-state index in [1.54, 1.807) is 18.1 Å². The summed E-state index contributed by atoms with van der Waals surface area (Å²) in [4.78, 5) is 15.9. The minimum absolute atomic E-state index is 0.692. The highest BCUT2D eigenvalue weighted by Crippen LogP contribution is 2.24.